The number of carbonyl (C=O) groups is 2. The van der Waals surface area contributed by atoms with E-state index in [0.717, 1.165) is 11.1 Å². The van der Waals surface area contributed by atoms with Gasteiger partial charge in [-0.1, -0.05) is 60.1 Å². The molecule has 0 saturated heterocycles. The number of halogens is 1. The summed E-state index contributed by atoms with van der Waals surface area (Å²) in [7, 11) is 3.29. The van der Waals surface area contributed by atoms with Crippen LogP contribution >= 0.6 is 11.6 Å². The SMILES string of the molecule is CN(C)C(=O)CNC(=O)c1cn(Cc2ccccc2Cl)nc1-c1ccccc1. The molecule has 0 unspecified atom stereocenters. The molecule has 0 fully saturated rings. The molecule has 0 spiro atoms. The Kier molecular flexibility index (Phi) is 6.11. The molecule has 0 bridgehead atoms. The van der Waals surface area contributed by atoms with Crippen LogP contribution < -0.4 is 5.32 Å². The van der Waals surface area contributed by atoms with Crippen molar-refractivity contribution in [3.63, 3.8) is 0 Å². The summed E-state index contributed by atoms with van der Waals surface area (Å²) in [5.41, 5.74) is 2.69. The molecule has 0 radical (unpaired) electrons. The summed E-state index contributed by atoms with van der Waals surface area (Å²) in [6.45, 7) is 0.360. The molecule has 1 N–H and O–H groups in total. The second kappa shape index (κ2) is 8.71. The van der Waals surface area contributed by atoms with Crippen molar-refractivity contribution in [2.24, 2.45) is 0 Å². The maximum Gasteiger partial charge on any atom is 0.255 e. The van der Waals surface area contributed by atoms with E-state index in [2.05, 4.69) is 10.4 Å². The second-order valence-corrected chi connectivity index (χ2v) is 6.92. The Labute approximate surface area is 168 Å². The molecular weight excluding hydrogens is 376 g/mol. The van der Waals surface area contributed by atoms with Crippen LogP contribution in [0.1, 0.15) is 15.9 Å². The standard InChI is InChI=1S/C21H21ClN4O2/c1-25(2)19(27)12-23-21(28)17-14-26(13-16-10-6-7-11-18(16)22)24-20(17)15-8-4-3-5-9-15/h3-11,14H,12-13H2,1-2H3,(H,23,28). The van der Waals surface area contributed by atoms with Crippen LogP contribution in [-0.2, 0) is 11.3 Å². The lowest BCUT2D eigenvalue weighted by atomic mass is 10.1. The molecule has 6 nitrogen and oxygen atoms in total. The Morgan fingerprint density at radius 1 is 1.07 bits per heavy atom. The quantitative estimate of drug-likeness (QED) is 0.696. The lowest BCUT2D eigenvalue weighted by Crippen LogP contribution is -2.36. The molecule has 0 aliphatic heterocycles. The van der Waals surface area contributed by atoms with Crippen LogP contribution in [-0.4, -0.2) is 47.1 Å². The zero-order valence-corrected chi connectivity index (χ0v) is 16.5. The Hall–Kier alpha value is -3.12. The number of likely N-dealkylation sites (N-methyl/N-ethyl adjacent to an activating group) is 1. The molecule has 3 aromatic rings. The Morgan fingerprint density at radius 3 is 2.43 bits per heavy atom. The fourth-order valence-corrected chi connectivity index (χ4v) is 2.88. The van der Waals surface area contributed by atoms with E-state index in [-0.39, 0.29) is 18.4 Å². The van der Waals surface area contributed by atoms with Gasteiger partial charge in [-0.2, -0.15) is 5.10 Å². The third-order valence-electron chi connectivity index (χ3n) is 4.24. The molecule has 3 rings (SSSR count). The van der Waals surface area contributed by atoms with Crippen LogP contribution in [0.15, 0.2) is 60.8 Å². The number of benzene rings is 2. The maximum absolute atomic E-state index is 12.7. The molecule has 0 aliphatic carbocycles. The van der Waals surface area contributed by atoms with E-state index in [1.807, 2.05) is 54.6 Å². The minimum atomic E-state index is -0.348. The minimum Gasteiger partial charge on any atom is -0.347 e. The number of aromatic nitrogens is 2. The monoisotopic (exact) mass is 396 g/mol. The molecule has 2 aromatic carbocycles. The average Bonchev–Trinajstić information content (AvgIpc) is 3.12. The molecule has 1 heterocycles. The summed E-state index contributed by atoms with van der Waals surface area (Å²) in [6.07, 6.45) is 1.68. The number of rotatable bonds is 6. The Bertz CT molecular complexity index is 983. The van der Waals surface area contributed by atoms with Crippen molar-refractivity contribution in [2.45, 2.75) is 6.54 Å². The number of nitrogens with one attached hydrogen (secondary N) is 1. The number of hydrogen-bond acceptors (Lipinski definition) is 3. The van der Waals surface area contributed by atoms with Crippen LogP contribution in [0.3, 0.4) is 0 Å². The van der Waals surface area contributed by atoms with Gasteiger partial charge in [0.05, 0.1) is 18.7 Å². The fourth-order valence-electron chi connectivity index (χ4n) is 2.69. The third kappa shape index (κ3) is 4.58. The Balaban J connectivity index is 1.91. The molecule has 0 atom stereocenters. The summed E-state index contributed by atoms with van der Waals surface area (Å²) < 4.78 is 1.69. The van der Waals surface area contributed by atoms with Crippen LogP contribution in [0.5, 0.6) is 0 Å². The normalized spacial score (nSPS) is 10.5. The summed E-state index contributed by atoms with van der Waals surface area (Å²) in [6, 6.07) is 17.0. The Morgan fingerprint density at radius 2 is 1.75 bits per heavy atom. The highest BCUT2D eigenvalue weighted by Gasteiger charge is 2.19. The number of hydrogen-bond donors (Lipinski definition) is 1. The summed E-state index contributed by atoms with van der Waals surface area (Å²) in [5, 5.41) is 7.91. The smallest absolute Gasteiger partial charge is 0.255 e. The van der Waals surface area contributed by atoms with E-state index in [9.17, 15) is 9.59 Å². The van der Waals surface area contributed by atoms with Crippen molar-refractivity contribution in [2.75, 3.05) is 20.6 Å². The largest absolute Gasteiger partial charge is 0.347 e. The highest BCUT2D eigenvalue weighted by molar-refractivity contribution is 6.31. The first-order valence-corrected chi connectivity index (χ1v) is 9.18. The zero-order valence-electron chi connectivity index (χ0n) is 15.7. The maximum atomic E-state index is 12.7. The van der Waals surface area contributed by atoms with E-state index >= 15 is 0 Å². The van der Waals surface area contributed by atoms with Crippen molar-refractivity contribution in [1.82, 2.24) is 20.0 Å². The highest BCUT2D eigenvalue weighted by Crippen LogP contribution is 2.23. The average molecular weight is 397 g/mol. The molecule has 0 saturated carbocycles. The van der Waals surface area contributed by atoms with Gasteiger partial charge in [0, 0.05) is 30.9 Å². The molecule has 1 aromatic heterocycles. The van der Waals surface area contributed by atoms with Crippen LogP contribution in [0.4, 0.5) is 0 Å². The number of amides is 2. The third-order valence-corrected chi connectivity index (χ3v) is 4.61. The predicted molar refractivity (Wildman–Crippen MR) is 109 cm³/mol. The molecule has 144 valence electrons. The molecule has 0 aliphatic rings. The second-order valence-electron chi connectivity index (χ2n) is 6.52. The van der Waals surface area contributed by atoms with E-state index in [1.54, 1.807) is 25.0 Å². The van der Waals surface area contributed by atoms with Crippen molar-refractivity contribution >= 4 is 23.4 Å². The van der Waals surface area contributed by atoms with Gasteiger partial charge in [0.2, 0.25) is 5.91 Å². The van der Waals surface area contributed by atoms with Crippen LogP contribution in [0, 0.1) is 0 Å². The summed E-state index contributed by atoms with van der Waals surface area (Å²) >= 11 is 6.25. The van der Waals surface area contributed by atoms with Gasteiger partial charge in [0.15, 0.2) is 0 Å². The first-order valence-electron chi connectivity index (χ1n) is 8.80. The van der Waals surface area contributed by atoms with Crippen molar-refractivity contribution < 1.29 is 9.59 Å². The summed E-state index contributed by atoms with van der Waals surface area (Å²) in [5.74, 6) is -0.530. The van der Waals surface area contributed by atoms with Gasteiger partial charge in [0.25, 0.3) is 5.91 Å². The zero-order chi connectivity index (χ0) is 20.1. The van der Waals surface area contributed by atoms with E-state index in [0.29, 0.717) is 22.8 Å². The summed E-state index contributed by atoms with van der Waals surface area (Å²) in [4.78, 5) is 26.0. The lowest BCUT2D eigenvalue weighted by molar-refractivity contribution is -0.127. The van der Waals surface area contributed by atoms with Crippen LogP contribution in [0.25, 0.3) is 11.3 Å². The van der Waals surface area contributed by atoms with Gasteiger partial charge in [-0.05, 0) is 11.6 Å². The van der Waals surface area contributed by atoms with Gasteiger partial charge < -0.3 is 10.2 Å². The van der Waals surface area contributed by atoms with Gasteiger partial charge in [-0.15, -0.1) is 0 Å². The molecule has 28 heavy (non-hydrogen) atoms. The number of nitrogens with zero attached hydrogens (tertiary/aromatic N) is 3. The molecule has 7 heteroatoms. The highest BCUT2D eigenvalue weighted by atomic mass is 35.5. The van der Waals surface area contributed by atoms with E-state index in [4.69, 9.17) is 11.6 Å². The van der Waals surface area contributed by atoms with Gasteiger partial charge >= 0.3 is 0 Å². The van der Waals surface area contributed by atoms with E-state index < -0.39 is 0 Å². The van der Waals surface area contributed by atoms with Gasteiger partial charge in [-0.25, -0.2) is 0 Å². The van der Waals surface area contributed by atoms with Crippen molar-refractivity contribution in [3.05, 3.63) is 76.9 Å². The van der Waals surface area contributed by atoms with Crippen molar-refractivity contribution in [1.29, 1.82) is 0 Å². The van der Waals surface area contributed by atoms with Gasteiger partial charge in [-0.3, -0.25) is 14.3 Å². The molecule has 2 amide bonds. The van der Waals surface area contributed by atoms with E-state index in [1.165, 1.54) is 4.90 Å². The van der Waals surface area contributed by atoms with Gasteiger partial charge in [0.1, 0.15) is 5.69 Å². The topological polar surface area (TPSA) is 67.2 Å². The molecular formula is C21H21ClN4O2. The number of carbonyl (C=O) groups excluding carboxylic acids is 2. The van der Waals surface area contributed by atoms with Crippen LogP contribution in [0.2, 0.25) is 5.02 Å². The lowest BCUT2D eigenvalue weighted by Gasteiger charge is -2.10. The minimum absolute atomic E-state index is 0.0737. The first-order chi connectivity index (χ1) is 13.5. The fraction of sp³-hybridized carbons (Fsp3) is 0.190. The van der Waals surface area contributed by atoms with Crippen molar-refractivity contribution in [3.8, 4) is 11.3 Å². The predicted octanol–water partition coefficient (Wildman–Crippen LogP) is 3.07. The first kappa shape index (κ1) is 19.6.